The Kier molecular flexibility index (Phi) is 3.66. The molecule has 1 aromatic carbocycles. The Morgan fingerprint density at radius 2 is 1.95 bits per heavy atom. The minimum Gasteiger partial charge on any atom is -0.491 e. The van der Waals surface area contributed by atoms with Gasteiger partial charge in [-0.25, -0.2) is 4.98 Å². The number of nitrogens with zero attached hydrogens (tertiary/aromatic N) is 2. The van der Waals surface area contributed by atoms with Crippen LogP contribution in [0.2, 0.25) is 0 Å². The highest BCUT2D eigenvalue weighted by Crippen LogP contribution is 2.38. The second-order valence-corrected chi connectivity index (χ2v) is 3.86. The normalized spacial score (nSPS) is 11.2. The second kappa shape index (κ2) is 5.27. The Hall–Kier alpha value is -2.84. The van der Waals surface area contributed by atoms with Gasteiger partial charge in [-0.3, -0.25) is 10.1 Å². The van der Waals surface area contributed by atoms with Gasteiger partial charge in [-0.15, -0.1) is 0 Å². The van der Waals surface area contributed by atoms with Crippen molar-refractivity contribution in [2.75, 3.05) is 0 Å². The van der Waals surface area contributed by atoms with E-state index in [9.17, 15) is 28.4 Å². The second-order valence-electron chi connectivity index (χ2n) is 3.86. The van der Waals surface area contributed by atoms with E-state index in [1.807, 2.05) is 0 Å². The fourth-order valence-corrected chi connectivity index (χ4v) is 1.50. The smallest absolute Gasteiger partial charge is 0.416 e. The molecule has 0 atom stereocenters. The van der Waals surface area contributed by atoms with Crippen molar-refractivity contribution in [3.05, 3.63) is 52.2 Å². The van der Waals surface area contributed by atoms with Crippen LogP contribution < -0.4 is 4.74 Å². The molecule has 0 saturated carbocycles. The largest absolute Gasteiger partial charge is 0.491 e. The maximum atomic E-state index is 12.5. The van der Waals surface area contributed by atoms with Gasteiger partial charge in [0.05, 0.1) is 10.5 Å². The van der Waals surface area contributed by atoms with E-state index in [0.717, 1.165) is 6.07 Å². The van der Waals surface area contributed by atoms with Crippen molar-refractivity contribution in [3.63, 3.8) is 0 Å². The quantitative estimate of drug-likeness (QED) is 0.692. The van der Waals surface area contributed by atoms with Crippen LogP contribution in [0.5, 0.6) is 17.4 Å². The summed E-state index contributed by atoms with van der Waals surface area (Å²) >= 11 is 0. The van der Waals surface area contributed by atoms with Crippen LogP contribution in [0.4, 0.5) is 18.9 Å². The molecular weight excluding hydrogens is 293 g/mol. The number of benzene rings is 1. The first-order chi connectivity index (χ1) is 9.79. The third kappa shape index (κ3) is 3.19. The zero-order valence-corrected chi connectivity index (χ0v) is 10.2. The fourth-order valence-electron chi connectivity index (χ4n) is 1.50. The number of aromatic hydroxyl groups is 1. The number of hydrogen-bond acceptors (Lipinski definition) is 5. The molecule has 0 aliphatic carbocycles. The Bertz CT molecular complexity index is 688. The van der Waals surface area contributed by atoms with Gasteiger partial charge < -0.3 is 9.84 Å². The first-order valence-electron chi connectivity index (χ1n) is 5.46. The summed E-state index contributed by atoms with van der Waals surface area (Å²) in [6, 6.07) is 4.49. The van der Waals surface area contributed by atoms with Gasteiger partial charge in [-0.05, 0) is 24.3 Å². The van der Waals surface area contributed by atoms with Crippen LogP contribution in [0, 0.1) is 10.1 Å². The SMILES string of the molecule is O=[N+]([O-])c1cc(C(F)(F)F)ccc1Oc1cccnc1O. The number of ether oxygens (including phenoxy) is 1. The molecule has 21 heavy (non-hydrogen) atoms. The monoisotopic (exact) mass is 300 g/mol. The predicted octanol–water partition coefficient (Wildman–Crippen LogP) is 3.51. The summed E-state index contributed by atoms with van der Waals surface area (Å²) in [6.45, 7) is 0. The average Bonchev–Trinajstić information content (AvgIpc) is 2.40. The molecule has 0 unspecified atom stereocenters. The Morgan fingerprint density at radius 3 is 2.52 bits per heavy atom. The number of hydrogen-bond donors (Lipinski definition) is 1. The van der Waals surface area contributed by atoms with Crippen molar-refractivity contribution in [1.29, 1.82) is 0 Å². The van der Waals surface area contributed by atoms with E-state index in [2.05, 4.69) is 4.98 Å². The van der Waals surface area contributed by atoms with E-state index < -0.39 is 34.0 Å². The van der Waals surface area contributed by atoms with Crippen LogP contribution >= 0.6 is 0 Å². The zero-order chi connectivity index (χ0) is 15.6. The van der Waals surface area contributed by atoms with Gasteiger partial charge in [0.15, 0.2) is 5.75 Å². The third-order valence-corrected chi connectivity index (χ3v) is 2.45. The lowest BCUT2D eigenvalue weighted by Gasteiger charge is -2.10. The van der Waals surface area contributed by atoms with E-state index in [1.165, 1.54) is 18.3 Å². The Labute approximate surface area is 115 Å². The van der Waals surface area contributed by atoms with Gasteiger partial charge >= 0.3 is 11.9 Å². The molecule has 2 rings (SSSR count). The van der Waals surface area contributed by atoms with Crippen molar-refractivity contribution >= 4 is 5.69 Å². The van der Waals surface area contributed by atoms with Gasteiger partial charge in [-0.1, -0.05) is 0 Å². The lowest BCUT2D eigenvalue weighted by molar-refractivity contribution is -0.385. The van der Waals surface area contributed by atoms with E-state index in [0.29, 0.717) is 12.1 Å². The summed E-state index contributed by atoms with van der Waals surface area (Å²) in [4.78, 5) is 13.3. The van der Waals surface area contributed by atoms with Gasteiger partial charge in [0.1, 0.15) is 0 Å². The summed E-state index contributed by atoms with van der Waals surface area (Å²) in [7, 11) is 0. The average molecular weight is 300 g/mol. The molecule has 0 fully saturated rings. The third-order valence-electron chi connectivity index (χ3n) is 2.45. The zero-order valence-electron chi connectivity index (χ0n) is 10.2. The maximum Gasteiger partial charge on any atom is 0.416 e. The molecule has 1 heterocycles. The molecule has 0 saturated heterocycles. The van der Waals surface area contributed by atoms with Crippen LogP contribution in [0.15, 0.2) is 36.5 Å². The summed E-state index contributed by atoms with van der Waals surface area (Å²) < 4.78 is 42.7. The summed E-state index contributed by atoms with van der Waals surface area (Å²) in [5, 5.41) is 20.3. The summed E-state index contributed by atoms with van der Waals surface area (Å²) in [5.41, 5.74) is -2.04. The molecule has 2 aromatic rings. The number of nitro benzene ring substituents is 1. The lowest BCUT2D eigenvalue weighted by atomic mass is 10.2. The molecule has 9 heteroatoms. The first-order valence-corrected chi connectivity index (χ1v) is 5.46. The maximum absolute atomic E-state index is 12.5. The number of alkyl halides is 3. The summed E-state index contributed by atoms with van der Waals surface area (Å²) in [6.07, 6.45) is -3.46. The highest BCUT2D eigenvalue weighted by Gasteiger charge is 2.33. The molecule has 0 aliphatic heterocycles. The number of pyridine rings is 1. The van der Waals surface area contributed by atoms with Crippen molar-refractivity contribution < 1.29 is 27.9 Å². The first kappa shape index (κ1) is 14.6. The molecule has 1 N–H and O–H groups in total. The van der Waals surface area contributed by atoms with Crippen molar-refractivity contribution in [3.8, 4) is 17.4 Å². The summed E-state index contributed by atoms with van der Waals surface area (Å²) in [5.74, 6) is -1.18. The highest BCUT2D eigenvalue weighted by molar-refractivity contribution is 5.52. The van der Waals surface area contributed by atoms with E-state index >= 15 is 0 Å². The van der Waals surface area contributed by atoms with E-state index in [4.69, 9.17) is 4.74 Å². The lowest BCUT2D eigenvalue weighted by Crippen LogP contribution is -2.06. The topological polar surface area (TPSA) is 85.5 Å². The molecule has 0 bridgehead atoms. The molecule has 1 aromatic heterocycles. The standard InChI is InChI=1S/C12H7F3N2O4/c13-12(14,15)7-3-4-9(8(6-7)17(19)20)21-10-2-1-5-16-11(10)18/h1-6H,(H,16,18). The predicted molar refractivity (Wildman–Crippen MR) is 64.1 cm³/mol. The van der Waals surface area contributed by atoms with Gasteiger partial charge in [0.2, 0.25) is 5.75 Å². The van der Waals surface area contributed by atoms with Crippen LogP contribution in [-0.4, -0.2) is 15.0 Å². The fraction of sp³-hybridized carbons (Fsp3) is 0.0833. The van der Waals surface area contributed by atoms with Crippen LogP contribution in [0.25, 0.3) is 0 Å². The van der Waals surface area contributed by atoms with E-state index in [1.54, 1.807) is 0 Å². The molecule has 0 aliphatic rings. The number of halogens is 3. The number of nitro groups is 1. The van der Waals surface area contributed by atoms with Crippen LogP contribution in [0.1, 0.15) is 5.56 Å². The minimum atomic E-state index is -4.71. The van der Waals surface area contributed by atoms with Crippen molar-refractivity contribution in [2.24, 2.45) is 0 Å². The molecule has 0 amide bonds. The molecule has 0 spiro atoms. The van der Waals surface area contributed by atoms with Crippen molar-refractivity contribution in [2.45, 2.75) is 6.18 Å². The Balaban J connectivity index is 2.45. The van der Waals surface area contributed by atoms with Crippen LogP contribution in [0.3, 0.4) is 0 Å². The molecular formula is C12H7F3N2O4. The van der Waals surface area contributed by atoms with E-state index in [-0.39, 0.29) is 5.75 Å². The van der Waals surface area contributed by atoms with Gasteiger partial charge in [0.25, 0.3) is 5.88 Å². The Morgan fingerprint density at radius 1 is 1.24 bits per heavy atom. The van der Waals surface area contributed by atoms with Crippen molar-refractivity contribution in [1.82, 2.24) is 4.98 Å². The van der Waals surface area contributed by atoms with Gasteiger partial charge in [0, 0.05) is 12.3 Å². The highest BCUT2D eigenvalue weighted by atomic mass is 19.4. The van der Waals surface area contributed by atoms with Crippen LogP contribution in [-0.2, 0) is 6.18 Å². The molecule has 0 radical (unpaired) electrons. The number of aromatic nitrogens is 1. The minimum absolute atomic E-state index is 0.208. The van der Waals surface area contributed by atoms with Gasteiger partial charge in [-0.2, -0.15) is 13.2 Å². The molecule has 110 valence electrons. The molecule has 6 nitrogen and oxygen atoms in total. The number of rotatable bonds is 3.